The van der Waals surface area contributed by atoms with E-state index in [4.69, 9.17) is 0 Å². The van der Waals surface area contributed by atoms with Crippen LogP contribution in [0.1, 0.15) is 43.0 Å². The normalized spacial score (nSPS) is 23.1. The lowest BCUT2D eigenvalue weighted by atomic mass is 9.85. The van der Waals surface area contributed by atoms with Crippen molar-refractivity contribution in [2.24, 2.45) is 5.92 Å². The third-order valence-corrected chi connectivity index (χ3v) is 4.07. The zero-order valence-electron chi connectivity index (χ0n) is 11.4. The average Bonchev–Trinajstić information content (AvgIpc) is 2.38. The van der Waals surface area contributed by atoms with Gasteiger partial charge in [0.2, 0.25) is 0 Å². The minimum Gasteiger partial charge on any atom is -0.508 e. The Kier molecular flexibility index (Phi) is 4.08. The zero-order valence-corrected chi connectivity index (χ0v) is 11.4. The molecule has 0 radical (unpaired) electrons. The molecule has 0 aromatic heterocycles. The summed E-state index contributed by atoms with van der Waals surface area (Å²) in [4.78, 5) is 14.0. The first kappa shape index (κ1) is 13.8. The summed E-state index contributed by atoms with van der Waals surface area (Å²) in [5, 5.41) is 9.18. The lowest BCUT2D eigenvalue weighted by Crippen LogP contribution is -2.42. The Bertz CT molecular complexity index is 475. The average molecular weight is 265 g/mol. The molecular formula is C15H20FNO2. The summed E-state index contributed by atoms with van der Waals surface area (Å²) >= 11 is 0. The highest BCUT2D eigenvalue weighted by Crippen LogP contribution is 2.28. The number of benzene rings is 1. The molecule has 4 heteroatoms. The van der Waals surface area contributed by atoms with Crippen molar-refractivity contribution in [3.05, 3.63) is 29.6 Å². The van der Waals surface area contributed by atoms with Crippen LogP contribution in [0.3, 0.4) is 0 Å². The number of halogens is 1. The smallest absolute Gasteiger partial charge is 0.256 e. The first-order valence-electron chi connectivity index (χ1n) is 6.76. The van der Waals surface area contributed by atoms with Crippen LogP contribution in [0.5, 0.6) is 5.75 Å². The summed E-state index contributed by atoms with van der Waals surface area (Å²) in [6.07, 6.45) is 4.40. The molecule has 1 aromatic carbocycles. The summed E-state index contributed by atoms with van der Waals surface area (Å²) in [6.45, 7) is 2.14. The van der Waals surface area contributed by atoms with Crippen molar-refractivity contribution >= 4 is 5.91 Å². The molecule has 0 aliphatic heterocycles. The second-order valence-electron chi connectivity index (χ2n) is 5.41. The number of phenolic OH excluding ortho intramolecular Hbond substituents is 1. The Morgan fingerprint density at radius 3 is 2.68 bits per heavy atom. The summed E-state index contributed by atoms with van der Waals surface area (Å²) in [7, 11) is 1.74. The molecule has 1 aliphatic carbocycles. The van der Waals surface area contributed by atoms with E-state index in [1.54, 1.807) is 11.9 Å². The number of amides is 1. The number of phenols is 1. The number of hydrogen-bond donors (Lipinski definition) is 1. The molecule has 0 bridgehead atoms. The molecule has 0 heterocycles. The minimum atomic E-state index is -0.666. The predicted molar refractivity (Wildman–Crippen MR) is 71.6 cm³/mol. The van der Waals surface area contributed by atoms with Crippen LogP contribution < -0.4 is 0 Å². The van der Waals surface area contributed by atoms with Crippen molar-refractivity contribution in [3.8, 4) is 5.75 Å². The van der Waals surface area contributed by atoms with E-state index in [-0.39, 0.29) is 23.3 Å². The SMILES string of the molecule is CC1CCCCC1N(C)C(=O)c1ccc(O)cc1F. The van der Waals surface area contributed by atoms with Crippen molar-refractivity contribution in [2.45, 2.75) is 38.6 Å². The molecule has 1 saturated carbocycles. The van der Waals surface area contributed by atoms with E-state index in [1.807, 2.05) is 0 Å². The van der Waals surface area contributed by atoms with Gasteiger partial charge in [0.15, 0.2) is 0 Å². The van der Waals surface area contributed by atoms with Crippen LogP contribution in [0.25, 0.3) is 0 Å². The molecule has 1 aromatic rings. The summed E-state index contributed by atoms with van der Waals surface area (Å²) < 4.78 is 13.7. The highest BCUT2D eigenvalue weighted by Gasteiger charge is 2.29. The number of nitrogens with zero attached hydrogens (tertiary/aromatic N) is 1. The standard InChI is InChI=1S/C15H20FNO2/c1-10-5-3-4-6-14(10)17(2)15(19)12-8-7-11(18)9-13(12)16/h7-10,14,18H,3-6H2,1-2H3. The van der Waals surface area contributed by atoms with Gasteiger partial charge in [-0.15, -0.1) is 0 Å². The fourth-order valence-corrected chi connectivity index (χ4v) is 2.89. The highest BCUT2D eigenvalue weighted by molar-refractivity contribution is 5.94. The second-order valence-corrected chi connectivity index (χ2v) is 5.41. The van der Waals surface area contributed by atoms with Crippen molar-refractivity contribution in [1.82, 2.24) is 4.90 Å². The molecule has 3 nitrogen and oxygen atoms in total. The largest absolute Gasteiger partial charge is 0.508 e. The van der Waals surface area contributed by atoms with E-state index in [0.29, 0.717) is 5.92 Å². The number of rotatable bonds is 2. The maximum absolute atomic E-state index is 13.7. The van der Waals surface area contributed by atoms with Gasteiger partial charge in [-0.3, -0.25) is 4.79 Å². The van der Waals surface area contributed by atoms with E-state index in [1.165, 1.54) is 18.6 Å². The first-order valence-corrected chi connectivity index (χ1v) is 6.76. The van der Waals surface area contributed by atoms with Gasteiger partial charge in [0.25, 0.3) is 5.91 Å². The van der Waals surface area contributed by atoms with Gasteiger partial charge in [-0.05, 0) is 30.9 Å². The van der Waals surface area contributed by atoms with Crippen molar-refractivity contribution < 1.29 is 14.3 Å². The van der Waals surface area contributed by atoms with Gasteiger partial charge >= 0.3 is 0 Å². The van der Waals surface area contributed by atoms with Crippen molar-refractivity contribution in [2.75, 3.05) is 7.05 Å². The van der Waals surface area contributed by atoms with Gasteiger partial charge in [0.1, 0.15) is 11.6 Å². The molecule has 1 aliphatic rings. The van der Waals surface area contributed by atoms with Crippen molar-refractivity contribution in [1.29, 1.82) is 0 Å². The van der Waals surface area contributed by atoms with Crippen LogP contribution in [0.4, 0.5) is 4.39 Å². The third kappa shape index (κ3) is 2.88. The van der Waals surface area contributed by atoms with E-state index in [9.17, 15) is 14.3 Å². The fraction of sp³-hybridized carbons (Fsp3) is 0.533. The number of hydrogen-bond acceptors (Lipinski definition) is 2. The lowest BCUT2D eigenvalue weighted by molar-refractivity contribution is 0.0624. The molecule has 2 unspecified atom stereocenters. The van der Waals surface area contributed by atoms with Gasteiger partial charge in [-0.25, -0.2) is 4.39 Å². The molecule has 1 N–H and O–H groups in total. The Morgan fingerprint density at radius 2 is 2.05 bits per heavy atom. The van der Waals surface area contributed by atoms with Gasteiger partial charge < -0.3 is 10.0 Å². The quantitative estimate of drug-likeness (QED) is 0.892. The van der Waals surface area contributed by atoms with E-state index in [2.05, 4.69) is 6.92 Å². The Morgan fingerprint density at radius 1 is 1.37 bits per heavy atom. The molecule has 104 valence electrons. The van der Waals surface area contributed by atoms with Crippen LogP contribution in [-0.2, 0) is 0 Å². The first-order chi connectivity index (χ1) is 9.00. The number of aromatic hydroxyl groups is 1. The molecule has 2 rings (SSSR count). The minimum absolute atomic E-state index is 0.0260. The zero-order chi connectivity index (χ0) is 14.0. The fourth-order valence-electron chi connectivity index (χ4n) is 2.89. The molecule has 0 spiro atoms. The predicted octanol–water partition coefficient (Wildman–Crippen LogP) is 3.18. The lowest BCUT2D eigenvalue weighted by Gasteiger charge is -2.36. The molecule has 1 fully saturated rings. The molecule has 19 heavy (non-hydrogen) atoms. The third-order valence-electron chi connectivity index (χ3n) is 4.07. The Labute approximate surface area is 113 Å². The Hall–Kier alpha value is -1.58. The maximum Gasteiger partial charge on any atom is 0.256 e. The maximum atomic E-state index is 13.7. The second kappa shape index (κ2) is 5.59. The van der Waals surface area contributed by atoms with Crippen LogP contribution in [0.15, 0.2) is 18.2 Å². The van der Waals surface area contributed by atoms with E-state index >= 15 is 0 Å². The highest BCUT2D eigenvalue weighted by atomic mass is 19.1. The van der Waals surface area contributed by atoms with Crippen LogP contribution in [0.2, 0.25) is 0 Å². The van der Waals surface area contributed by atoms with Crippen LogP contribution in [-0.4, -0.2) is 29.0 Å². The summed E-state index contributed by atoms with van der Waals surface area (Å²) in [5.74, 6) is -0.692. The van der Waals surface area contributed by atoms with E-state index in [0.717, 1.165) is 25.3 Å². The number of carbonyl (C=O) groups is 1. The molecular weight excluding hydrogens is 245 g/mol. The van der Waals surface area contributed by atoms with Crippen LogP contribution in [0, 0.1) is 11.7 Å². The molecule has 0 saturated heterocycles. The monoisotopic (exact) mass is 265 g/mol. The molecule has 1 amide bonds. The topological polar surface area (TPSA) is 40.5 Å². The van der Waals surface area contributed by atoms with Gasteiger partial charge in [-0.2, -0.15) is 0 Å². The van der Waals surface area contributed by atoms with Gasteiger partial charge in [0.05, 0.1) is 5.56 Å². The summed E-state index contributed by atoms with van der Waals surface area (Å²) in [6, 6.07) is 3.84. The van der Waals surface area contributed by atoms with E-state index < -0.39 is 5.82 Å². The van der Waals surface area contributed by atoms with Gasteiger partial charge in [0, 0.05) is 19.2 Å². The molecule has 2 atom stereocenters. The van der Waals surface area contributed by atoms with Gasteiger partial charge in [-0.1, -0.05) is 19.8 Å². The Balaban J connectivity index is 2.18. The number of carbonyl (C=O) groups excluding carboxylic acids is 1. The van der Waals surface area contributed by atoms with Crippen LogP contribution >= 0.6 is 0 Å². The summed E-state index contributed by atoms with van der Waals surface area (Å²) in [5.41, 5.74) is 0.0260. The van der Waals surface area contributed by atoms with Crippen molar-refractivity contribution in [3.63, 3.8) is 0 Å².